The third-order valence-corrected chi connectivity index (χ3v) is 4.61. The predicted molar refractivity (Wildman–Crippen MR) is 53.0 cm³/mol. The maximum absolute atomic E-state index is 11.3. The fourth-order valence-electron chi connectivity index (χ4n) is 1.84. The van der Waals surface area contributed by atoms with E-state index in [-0.39, 0.29) is 18.1 Å². The lowest BCUT2D eigenvalue weighted by Crippen LogP contribution is -2.45. The molecule has 0 atom stereocenters. The molecule has 2 heterocycles. The number of nitrogens with zero attached hydrogens (tertiary/aromatic N) is 3. The SMILES string of the molecule is O=S1(=O)CCC(CO)(n2ccnn2)CC1. The van der Waals surface area contributed by atoms with Crippen molar-refractivity contribution >= 4 is 9.84 Å². The van der Waals surface area contributed by atoms with Crippen molar-refractivity contribution in [2.24, 2.45) is 0 Å². The molecule has 0 saturated carbocycles. The zero-order chi connectivity index (χ0) is 10.9. The molecule has 1 aliphatic heterocycles. The van der Waals surface area contributed by atoms with Crippen molar-refractivity contribution in [3.63, 3.8) is 0 Å². The Morgan fingerprint density at radius 2 is 2.07 bits per heavy atom. The lowest BCUT2D eigenvalue weighted by molar-refractivity contribution is 0.105. The molecular formula is C8H13N3O3S. The van der Waals surface area contributed by atoms with E-state index >= 15 is 0 Å². The van der Waals surface area contributed by atoms with Gasteiger partial charge in [-0.25, -0.2) is 13.1 Å². The monoisotopic (exact) mass is 231 g/mol. The minimum atomic E-state index is -2.93. The summed E-state index contributed by atoms with van der Waals surface area (Å²) in [6, 6.07) is 0. The summed E-state index contributed by atoms with van der Waals surface area (Å²) in [6.07, 6.45) is 3.99. The van der Waals surface area contributed by atoms with E-state index < -0.39 is 15.4 Å². The molecule has 0 unspecified atom stereocenters. The Bertz CT molecular complexity index is 412. The van der Waals surface area contributed by atoms with Gasteiger partial charge in [0, 0.05) is 6.20 Å². The molecule has 0 aromatic carbocycles. The average Bonchev–Trinajstić information content (AvgIpc) is 2.72. The Morgan fingerprint density at radius 3 is 2.53 bits per heavy atom. The Kier molecular flexibility index (Phi) is 2.51. The molecule has 7 heteroatoms. The first-order chi connectivity index (χ1) is 7.08. The molecule has 0 bridgehead atoms. The lowest BCUT2D eigenvalue weighted by atomic mass is 9.94. The van der Waals surface area contributed by atoms with Crippen LogP contribution in [0.3, 0.4) is 0 Å². The van der Waals surface area contributed by atoms with Crippen molar-refractivity contribution in [3.8, 4) is 0 Å². The van der Waals surface area contributed by atoms with Gasteiger partial charge in [-0.15, -0.1) is 5.10 Å². The van der Waals surface area contributed by atoms with Gasteiger partial charge in [-0.3, -0.25) is 0 Å². The molecule has 1 aliphatic rings. The van der Waals surface area contributed by atoms with E-state index in [1.807, 2.05) is 0 Å². The van der Waals surface area contributed by atoms with Crippen LogP contribution in [-0.4, -0.2) is 46.6 Å². The van der Waals surface area contributed by atoms with Gasteiger partial charge in [-0.2, -0.15) is 0 Å². The summed E-state index contributed by atoms with van der Waals surface area (Å²) >= 11 is 0. The fraction of sp³-hybridized carbons (Fsp3) is 0.750. The van der Waals surface area contributed by atoms with Crippen LogP contribution in [0.4, 0.5) is 0 Å². The minimum Gasteiger partial charge on any atom is -0.394 e. The molecule has 1 saturated heterocycles. The first-order valence-corrected chi connectivity index (χ1v) is 6.58. The maximum atomic E-state index is 11.3. The van der Waals surface area contributed by atoms with E-state index in [2.05, 4.69) is 10.3 Å². The first kappa shape index (κ1) is 10.6. The van der Waals surface area contributed by atoms with Gasteiger partial charge in [-0.1, -0.05) is 5.21 Å². The van der Waals surface area contributed by atoms with Crippen LogP contribution in [0.15, 0.2) is 12.4 Å². The summed E-state index contributed by atoms with van der Waals surface area (Å²) in [4.78, 5) is 0. The highest BCUT2D eigenvalue weighted by Crippen LogP contribution is 2.29. The van der Waals surface area contributed by atoms with Crippen molar-refractivity contribution in [1.29, 1.82) is 0 Å². The number of aliphatic hydroxyl groups excluding tert-OH is 1. The molecule has 1 aromatic rings. The maximum Gasteiger partial charge on any atom is 0.150 e. The van der Waals surface area contributed by atoms with E-state index in [9.17, 15) is 13.5 Å². The highest BCUT2D eigenvalue weighted by Gasteiger charge is 2.39. The second-order valence-electron chi connectivity index (χ2n) is 3.88. The van der Waals surface area contributed by atoms with Crippen LogP contribution in [0.1, 0.15) is 12.8 Å². The van der Waals surface area contributed by atoms with Crippen LogP contribution in [0.2, 0.25) is 0 Å². The quantitative estimate of drug-likeness (QED) is 0.718. The minimum absolute atomic E-state index is 0.105. The van der Waals surface area contributed by atoms with Crippen LogP contribution < -0.4 is 0 Å². The second-order valence-corrected chi connectivity index (χ2v) is 6.19. The smallest absolute Gasteiger partial charge is 0.150 e. The number of aliphatic hydroxyl groups is 1. The zero-order valence-electron chi connectivity index (χ0n) is 8.20. The van der Waals surface area contributed by atoms with Gasteiger partial charge in [0.15, 0.2) is 9.84 Å². The summed E-state index contributed by atoms with van der Waals surface area (Å²) in [6.45, 7) is -0.105. The van der Waals surface area contributed by atoms with Crippen LogP contribution in [0, 0.1) is 0 Å². The van der Waals surface area contributed by atoms with Crippen molar-refractivity contribution < 1.29 is 13.5 Å². The number of hydrogen-bond acceptors (Lipinski definition) is 5. The van der Waals surface area contributed by atoms with Gasteiger partial charge in [0.1, 0.15) is 0 Å². The van der Waals surface area contributed by atoms with Gasteiger partial charge in [0.2, 0.25) is 0 Å². The third kappa shape index (κ3) is 1.89. The fourth-order valence-corrected chi connectivity index (χ4v) is 3.42. The van der Waals surface area contributed by atoms with Gasteiger partial charge in [-0.05, 0) is 12.8 Å². The molecule has 1 aromatic heterocycles. The summed E-state index contributed by atoms with van der Waals surface area (Å²) in [5, 5.41) is 16.9. The topological polar surface area (TPSA) is 85.1 Å². The molecule has 0 spiro atoms. The summed E-state index contributed by atoms with van der Waals surface area (Å²) < 4.78 is 24.2. The molecule has 1 N–H and O–H groups in total. The van der Waals surface area contributed by atoms with E-state index in [1.54, 1.807) is 10.9 Å². The van der Waals surface area contributed by atoms with Crippen LogP contribution in [-0.2, 0) is 15.4 Å². The number of rotatable bonds is 2. The molecular weight excluding hydrogens is 218 g/mol. The van der Waals surface area contributed by atoms with Gasteiger partial charge in [0.25, 0.3) is 0 Å². The van der Waals surface area contributed by atoms with Crippen LogP contribution >= 0.6 is 0 Å². The normalized spacial score (nSPS) is 23.8. The van der Waals surface area contributed by atoms with Crippen LogP contribution in [0.25, 0.3) is 0 Å². The van der Waals surface area contributed by atoms with Gasteiger partial charge in [0.05, 0.1) is 29.8 Å². The Hall–Kier alpha value is -0.950. The Morgan fingerprint density at radius 1 is 1.40 bits per heavy atom. The Balaban J connectivity index is 2.26. The van der Waals surface area contributed by atoms with Crippen molar-refractivity contribution in [3.05, 3.63) is 12.4 Å². The summed E-state index contributed by atoms with van der Waals surface area (Å²) in [5.74, 6) is 0.209. The highest BCUT2D eigenvalue weighted by atomic mass is 32.2. The molecule has 0 radical (unpaired) electrons. The molecule has 1 fully saturated rings. The van der Waals surface area contributed by atoms with Gasteiger partial charge >= 0.3 is 0 Å². The van der Waals surface area contributed by atoms with Crippen molar-refractivity contribution in [1.82, 2.24) is 15.0 Å². The molecule has 84 valence electrons. The van der Waals surface area contributed by atoms with Crippen molar-refractivity contribution in [2.45, 2.75) is 18.4 Å². The molecule has 2 rings (SSSR count). The summed E-state index contributed by atoms with van der Waals surface area (Å²) in [7, 11) is -2.93. The number of sulfone groups is 1. The number of aromatic nitrogens is 3. The van der Waals surface area contributed by atoms with Crippen molar-refractivity contribution in [2.75, 3.05) is 18.1 Å². The number of hydrogen-bond donors (Lipinski definition) is 1. The average molecular weight is 231 g/mol. The predicted octanol–water partition coefficient (Wildman–Crippen LogP) is -0.826. The standard InChI is InChI=1S/C8H13N3O3S/c12-7-8(11-4-3-9-10-11)1-5-15(13,14)6-2-8/h3-4,12H,1-2,5-7H2. The molecule has 0 aliphatic carbocycles. The highest BCUT2D eigenvalue weighted by molar-refractivity contribution is 7.91. The van der Waals surface area contributed by atoms with E-state index in [0.29, 0.717) is 12.8 Å². The lowest BCUT2D eigenvalue weighted by Gasteiger charge is -2.34. The van der Waals surface area contributed by atoms with E-state index in [1.165, 1.54) is 6.20 Å². The molecule has 0 amide bonds. The van der Waals surface area contributed by atoms with E-state index in [0.717, 1.165) is 0 Å². The summed E-state index contributed by atoms with van der Waals surface area (Å²) in [5.41, 5.74) is -0.582. The molecule has 15 heavy (non-hydrogen) atoms. The zero-order valence-corrected chi connectivity index (χ0v) is 9.02. The van der Waals surface area contributed by atoms with Gasteiger partial charge < -0.3 is 5.11 Å². The first-order valence-electron chi connectivity index (χ1n) is 4.76. The second kappa shape index (κ2) is 3.57. The molecule has 6 nitrogen and oxygen atoms in total. The third-order valence-electron chi connectivity index (χ3n) is 2.96. The van der Waals surface area contributed by atoms with Crippen LogP contribution in [0.5, 0.6) is 0 Å². The van der Waals surface area contributed by atoms with E-state index in [4.69, 9.17) is 0 Å². The largest absolute Gasteiger partial charge is 0.394 e. The Labute approximate surface area is 87.8 Å².